The van der Waals surface area contributed by atoms with E-state index in [4.69, 9.17) is 5.73 Å². The highest BCUT2D eigenvalue weighted by molar-refractivity contribution is 7.98. The van der Waals surface area contributed by atoms with Gasteiger partial charge in [-0.05, 0) is 36.3 Å². The van der Waals surface area contributed by atoms with Crippen molar-refractivity contribution in [2.24, 2.45) is 11.7 Å². The highest BCUT2D eigenvalue weighted by Gasteiger charge is 2.31. The van der Waals surface area contributed by atoms with Crippen LogP contribution in [0.15, 0.2) is 30.3 Å². The molecule has 5 N–H and O–H groups in total. The minimum Gasteiger partial charge on any atom is -0.480 e. The Hall–Kier alpha value is -1.26. The molecule has 0 aliphatic carbocycles. The number of carbonyl (C=O) groups excluding carboxylic acids is 1. The van der Waals surface area contributed by atoms with Gasteiger partial charge in [-0.3, -0.25) is 9.69 Å². The van der Waals surface area contributed by atoms with E-state index in [9.17, 15) is 14.7 Å². The Morgan fingerprint density at radius 2 is 1.89 bits per heavy atom. The van der Waals surface area contributed by atoms with Crippen molar-refractivity contribution < 1.29 is 14.7 Å². The van der Waals surface area contributed by atoms with E-state index >= 15 is 0 Å². The summed E-state index contributed by atoms with van der Waals surface area (Å²) in [5.41, 5.74) is 7.24. The molecule has 9 heteroatoms. The van der Waals surface area contributed by atoms with Crippen LogP contribution < -0.4 is 16.4 Å². The Kier molecular flexibility index (Phi) is 16.4. The standard InChI is InChI=1S/C26H46N4O3S2/c1-5-10-24(25(31)29-22(26(32)33)13-14-35-4)30(16-20-11-8-7-9-12-20)17-23(19(3)6-2)28-15-21(27)18-34/h7-9,11-12,19,21-24,28,34H,5-6,10,13-18,27H2,1-4H3,(H,29,31)(H,32,33)/t19-,21+,22-,23+,24-/m0/s1. The summed E-state index contributed by atoms with van der Waals surface area (Å²) in [6.07, 6.45) is 4.80. The van der Waals surface area contributed by atoms with Crippen molar-refractivity contribution in [3.63, 3.8) is 0 Å². The van der Waals surface area contributed by atoms with Crippen LogP contribution in [0.5, 0.6) is 0 Å². The molecule has 5 atom stereocenters. The topological polar surface area (TPSA) is 108 Å². The molecule has 0 heterocycles. The number of amides is 1. The van der Waals surface area contributed by atoms with Crippen LogP contribution in [-0.2, 0) is 16.1 Å². The molecule has 0 spiro atoms. The first kappa shape index (κ1) is 31.8. The fourth-order valence-electron chi connectivity index (χ4n) is 3.98. The van der Waals surface area contributed by atoms with E-state index in [1.165, 1.54) is 0 Å². The first-order valence-electron chi connectivity index (χ1n) is 12.7. The monoisotopic (exact) mass is 526 g/mol. The minimum atomic E-state index is -0.989. The zero-order valence-corrected chi connectivity index (χ0v) is 23.5. The second kappa shape index (κ2) is 18.1. The Balaban J connectivity index is 3.21. The number of thiol groups is 1. The van der Waals surface area contributed by atoms with Crippen LogP contribution in [0.25, 0.3) is 0 Å². The third-order valence-electron chi connectivity index (χ3n) is 6.40. The van der Waals surface area contributed by atoms with Gasteiger partial charge < -0.3 is 21.5 Å². The predicted octanol–water partition coefficient (Wildman–Crippen LogP) is 3.24. The van der Waals surface area contributed by atoms with Crippen molar-refractivity contribution in [1.29, 1.82) is 0 Å². The maximum Gasteiger partial charge on any atom is 0.326 e. The molecular formula is C26H46N4O3S2. The SMILES string of the molecule is CCC[C@@H](C(=O)N[C@@H](CCSC)C(=O)O)N(Cc1ccccc1)C[C@@H](NC[C@@H](N)CS)[C@@H](C)CC. The van der Waals surface area contributed by atoms with Crippen LogP contribution >= 0.6 is 24.4 Å². The normalized spacial score (nSPS) is 15.9. The summed E-state index contributed by atoms with van der Waals surface area (Å²) in [6.45, 7) is 8.34. The lowest BCUT2D eigenvalue weighted by molar-refractivity contribution is -0.143. The molecule has 0 unspecified atom stereocenters. The molecule has 0 aromatic heterocycles. The number of nitrogens with two attached hydrogens (primary N) is 1. The van der Waals surface area contributed by atoms with Crippen LogP contribution in [0.3, 0.4) is 0 Å². The first-order valence-corrected chi connectivity index (χ1v) is 14.7. The van der Waals surface area contributed by atoms with Crippen molar-refractivity contribution in [3.8, 4) is 0 Å². The fourth-order valence-corrected chi connectivity index (χ4v) is 4.58. The second-order valence-electron chi connectivity index (χ2n) is 9.24. The third kappa shape index (κ3) is 12.0. The van der Waals surface area contributed by atoms with Gasteiger partial charge in [-0.15, -0.1) is 0 Å². The van der Waals surface area contributed by atoms with Gasteiger partial charge in [-0.2, -0.15) is 24.4 Å². The number of carbonyl (C=O) groups is 2. The molecule has 1 aromatic rings. The smallest absolute Gasteiger partial charge is 0.326 e. The Bertz CT molecular complexity index is 726. The van der Waals surface area contributed by atoms with Gasteiger partial charge in [0.2, 0.25) is 5.91 Å². The van der Waals surface area contributed by atoms with Gasteiger partial charge >= 0.3 is 5.97 Å². The molecule has 0 saturated heterocycles. The van der Waals surface area contributed by atoms with E-state index in [-0.39, 0.29) is 18.0 Å². The highest BCUT2D eigenvalue weighted by Crippen LogP contribution is 2.18. The van der Waals surface area contributed by atoms with Crippen molar-refractivity contribution in [1.82, 2.24) is 15.5 Å². The lowest BCUT2D eigenvalue weighted by Gasteiger charge is -2.37. The van der Waals surface area contributed by atoms with Gasteiger partial charge in [0.05, 0.1) is 6.04 Å². The zero-order chi connectivity index (χ0) is 26.2. The van der Waals surface area contributed by atoms with Crippen molar-refractivity contribution in [2.75, 3.05) is 30.9 Å². The molecule has 0 aliphatic heterocycles. The lowest BCUT2D eigenvalue weighted by Crippen LogP contribution is -2.55. The van der Waals surface area contributed by atoms with E-state index in [2.05, 4.69) is 61.1 Å². The van der Waals surface area contributed by atoms with Gasteiger partial charge in [0.15, 0.2) is 0 Å². The van der Waals surface area contributed by atoms with Crippen LogP contribution in [0.2, 0.25) is 0 Å². The maximum atomic E-state index is 13.5. The predicted molar refractivity (Wildman–Crippen MR) is 151 cm³/mol. The molecule has 1 rings (SSSR count). The molecule has 1 aromatic carbocycles. The number of hydrogen-bond acceptors (Lipinski definition) is 7. The zero-order valence-electron chi connectivity index (χ0n) is 21.8. The van der Waals surface area contributed by atoms with Gasteiger partial charge in [-0.1, -0.05) is 63.9 Å². The number of nitrogens with zero attached hydrogens (tertiary/aromatic N) is 1. The van der Waals surface area contributed by atoms with Crippen molar-refractivity contribution in [2.45, 2.75) is 77.2 Å². The number of nitrogens with one attached hydrogen (secondary N) is 2. The number of hydrogen-bond donors (Lipinski definition) is 5. The van der Waals surface area contributed by atoms with Crippen molar-refractivity contribution in [3.05, 3.63) is 35.9 Å². The van der Waals surface area contributed by atoms with Crippen LogP contribution in [0.1, 0.15) is 52.0 Å². The molecule has 1 amide bonds. The Morgan fingerprint density at radius 1 is 1.20 bits per heavy atom. The van der Waals surface area contributed by atoms with Crippen molar-refractivity contribution >= 4 is 36.3 Å². The summed E-state index contributed by atoms with van der Waals surface area (Å²) in [5, 5.41) is 16.1. The molecule has 200 valence electrons. The second-order valence-corrected chi connectivity index (χ2v) is 10.6. The highest BCUT2D eigenvalue weighted by atomic mass is 32.2. The fraction of sp³-hybridized carbons (Fsp3) is 0.692. The molecular weight excluding hydrogens is 480 g/mol. The average molecular weight is 527 g/mol. The molecule has 0 fully saturated rings. The summed E-state index contributed by atoms with van der Waals surface area (Å²) < 4.78 is 0. The van der Waals surface area contributed by atoms with Gasteiger partial charge in [-0.25, -0.2) is 4.79 Å². The van der Waals surface area contributed by atoms with Crippen LogP contribution in [-0.4, -0.2) is 76.9 Å². The van der Waals surface area contributed by atoms with Gasteiger partial charge in [0.1, 0.15) is 6.04 Å². The lowest BCUT2D eigenvalue weighted by atomic mass is 9.96. The molecule has 0 bridgehead atoms. The molecule has 7 nitrogen and oxygen atoms in total. The molecule has 0 aliphatic rings. The number of carboxylic acid groups (broad SMARTS) is 1. The van der Waals surface area contributed by atoms with Crippen LogP contribution in [0, 0.1) is 5.92 Å². The largest absolute Gasteiger partial charge is 0.480 e. The molecule has 35 heavy (non-hydrogen) atoms. The van der Waals surface area contributed by atoms with E-state index in [1.54, 1.807) is 11.8 Å². The van der Waals surface area contributed by atoms with E-state index < -0.39 is 18.1 Å². The minimum absolute atomic E-state index is 0.0463. The summed E-state index contributed by atoms with van der Waals surface area (Å²) in [6, 6.07) is 8.89. The summed E-state index contributed by atoms with van der Waals surface area (Å²) in [5.74, 6) is 0.443. The average Bonchev–Trinajstić information content (AvgIpc) is 2.86. The van der Waals surface area contributed by atoms with E-state index in [0.29, 0.717) is 49.9 Å². The van der Waals surface area contributed by atoms with E-state index in [1.807, 2.05) is 24.5 Å². The van der Waals surface area contributed by atoms with Gasteiger partial charge in [0.25, 0.3) is 0 Å². The van der Waals surface area contributed by atoms with E-state index in [0.717, 1.165) is 18.4 Å². The summed E-state index contributed by atoms with van der Waals surface area (Å²) in [4.78, 5) is 27.5. The Labute approximate surface area is 221 Å². The molecule has 0 radical (unpaired) electrons. The third-order valence-corrected chi connectivity index (χ3v) is 7.51. The number of rotatable bonds is 19. The first-order chi connectivity index (χ1) is 16.8. The maximum absolute atomic E-state index is 13.5. The number of aliphatic carboxylic acids is 1. The number of benzene rings is 1. The number of carboxylic acids is 1. The number of thioether (sulfide) groups is 1. The summed E-state index contributed by atoms with van der Waals surface area (Å²) >= 11 is 5.89. The van der Waals surface area contributed by atoms with Crippen LogP contribution in [0.4, 0.5) is 0 Å². The Morgan fingerprint density at radius 3 is 2.43 bits per heavy atom. The summed E-state index contributed by atoms with van der Waals surface area (Å²) in [7, 11) is 0. The molecule has 0 saturated carbocycles. The van der Waals surface area contributed by atoms with Gasteiger partial charge in [0, 0.05) is 37.5 Å². The quantitative estimate of drug-likeness (QED) is 0.176.